The van der Waals surface area contributed by atoms with Gasteiger partial charge in [-0.2, -0.15) is 4.98 Å². The van der Waals surface area contributed by atoms with Crippen molar-refractivity contribution >= 4 is 33.3 Å². The molecule has 39 heavy (non-hydrogen) atoms. The molecule has 0 spiro atoms. The average molecular weight is 551 g/mol. The summed E-state index contributed by atoms with van der Waals surface area (Å²) in [5.74, 6) is 1.98. The molecule has 10 heteroatoms. The van der Waals surface area contributed by atoms with Crippen LogP contribution in [0.1, 0.15) is 81.5 Å². The number of nitrogens with one attached hydrogen (secondary N) is 2. The Morgan fingerprint density at radius 2 is 1.82 bits per heavy atom. The minimum Gasteiger partial charge on any atom is -0.396 e. The van der Waals surface area contributed by atoms with Crippen molar-refractivity contribution in [2.75, 3.05) is 17.2 Å². The molecule has 4 fully saturated rings. The molecule has 4 atom stereocenters. The summed E-state index contributed by atoms with van der Waals surface area (Å²) in [6.45, 7) is 1.83. The van der Waals surface area contributed by atoms with Gasteiger partial charge in [-0.25, -0.2) is 9.97 Å². The number of hydrogen-bond acceptors (Lipinski definition) is 10. The number of pyridine rings is 1. The SMILES string of the molecule is Cc1nc(NC2(C3CCCCC3)CC2)nc(N[C@@H]2C[C@H](CO)[C@@H](O)[C@H]2O)c1-c1nc2c(C3CC3)nccc2s1. The van der Waals surface area contributed by atoms with Gasteiger partial charge in [0.2, 0.25) is 5.95 Å². The zero-order valence-corrected chi connectivity index (χ0v) is 23.3. The molecule has 4 aliphatic rings. The van der Waals surface area contributed by atoms with Crippen molar-refractivity contribution in [1.82, 2.24) is 19.9 Å². The Bertz CT molecular complexity index is 1370. The number of aliphatic hydroxyl groups is 3. The van der Waals surface area contributed by atoms with Gasteiger partial charge in [-0.3, -0.25) is 4.98 Å². The van der Waals surface area contributed by atoms with Gasteiger partial charge in [-0.1, -0.05) is 19.3 Å². The first-order chi connectivity index (χ1) is 19.0. The third kappa shape index (κ3) is 4.69. The lowest BCUT2D eigenvalue weighted by molar-refractivity contribution is 0.00446. The molecule has 5 N–H and O–H groups in total. The summed E-state index contributed by atoms with van der Waals surface area (Å²) in [5, 5.41) is 39.0. The number of rotatable bonds is 8. The minimum atomic E-state index is -1.00. The molecule has 208 valence electrons. The van der Waals surface area contributed by atoms with Gasteiger partial charge in [0, 0.05) is 30.2 Å². The molecule has 4 saturated carbocycles. The predicted octanol–water partition coefficient (Wildman–Crippen LogP) is 4.37. The van der Waals surface area contributed by atoms with Gasteiger partial charge in [-0.15, -0.1) is 11.3 Å². The van der Waals surface area contributed by atoms with Gasteiger partial charge in [0.05, 0.1) is 33.8 Å². The van der Waals surface area contributed by atoms with Gasteiger partial charge in [0.1, 0.15) is 22.4 Å². The topological polar surface area (TPSA) is 136 Å². The number of anilines is 2. The Labute approximate surface area is 232 Å². The van der Waals surface area contributed by atoms with Crippen molar-refractivity contribution in [3.63, 3.8) is 0 Å². The maximum atomic E-state index is 10.8. The predicted molar refractivity (Wildman–Crippen MR) is 152 cm³/mol. The van der Waals surface area contributed by atoms with E-state index in [1.807, 2.05) is 19.2 Å². The molecule has 0 aliphatic heterocycles. The molecule has 9 nitrogen and oxygen atoms in total. The number of aryl methyl sites for hydroxylation is 1. The van der Waals surface area contributed by atoms with Crippen LogP contribution in [-0.2, 0) is 0 Å². The van der Waals surface area contributed by atoms with Gasteiger partial charge < -0.3 is 26.0 Å². The lowest BCUT2D eigenvalue weighted by Crippen LogP contribution is -2.36. The van der Waals surface area contributed by atoms with Crippen molar-refractivity contribution < 1.29 is 15.3 Å². The zero-order chi connectivity index (χ0) is 26.7. The Kier molecular flexibility index (Phi) is 6.49. The van der Waals surface area contributed by atoms with Gasteiger partial charge >= 0.3 is 0 Å². The van der Waals surface area contributed by atoms with E-state index in [9.17, 15) is 15.3 Å². The van der Waals surface area contributed by atoms with E-state index in [4.69, 9.17) is 15.0 Å². The Hall–Kier alpha value is -2.40. The van der Waals surface area contributed by atoms with Crippen molar-refractivity contribution in [2.45, 2.75) is 101 Å². The monoisotopic (exact) mass is 550 g/mol. The Morgan fingerprint density at radius 1 is 1.03 bits per heavy atom. The highest BCUT2D eigenvalue weighted by Crippen LogP contribution is 2.50. The normalized spacial score (nSPS) is 28.6. The lowest BCUT2D eigenvalue weighted by atomic mass is 9.82. The van der Waals surface area contributed by atoms with Crippen LogP contribution in [-0.4, -0.2) is 65.7 Å². The minimum absolute atomic E-state index is 0.0807. The summed E-state index contributed by atoms with van der Waals surface area (Å²) < 4.78 is 1.10. The zero-order valence-electron chi connectivity index (χ0n) is 22.4. The highest BCUT2D eigenvalue weighted by atomic mass is 32.1. The fraction of sp³-hybridized carbons (Fsp3) is 0.655. The first-order valence-corrected chi connectivity index (χ1v) is 15.4. The van der Waals surface area contributed by atoms with E-state index in [0.717, 1.165) is 57.9 Å². The maximum absolute atomic E-state index is 10.8. The number of aromatic nitrogens is 4. The van der Waals surface area contributed by atoms with Crippen molar-refractivity contribution in [3.05, 3.63) is 23.7 Å². The number of thiazole rings is 1. The number of aliphatic hydroxyl groups excluding tert-OH is 3. The third-order valence-corrected chi connectivity index (χ3v) is 10.5. The fourth-order valence-corrected chi connectivity index (χ4v) is 7.97. The van der Waals surface area contributed by atoms with E-state index >= 15 is 0 Å². The van der Waals surface area contributed by atoms with Crippen LogP contribution in [0.3, 0.4) is 0 Å². The van der Waals surface area contributed by atoms with Gasteiger partial charge in [-0.05, 0) is 63.9 Å². The van der Waals surface area contributed by atoms with Crippen LogP contribution in [0.2, 0.25) is 0 Å². The molecule has 0 bridgehead atoms. The lowest BCUT2D eigenvalue weighted by Gasteiger charge is -2.31. The second-order valence-corrected chi connectivity index (χ2v) is 13.2. The van der Waals surface area contributed by atoms with Crippen molar-refractivity contribution in [1.29, 1.82) is 0 Å². The molecule has 3 aromatic rings. The summed E-state index contributed by atoms with van der Waals surface area (Å²) in [5.41, 5.74) is 3.75. The molecular formula is C29H38N6O3S. The number of hydrogen-bond donors (Lipinski definition) is 5. The second-order valence-electron chi connectivity index (χ2n) is 12.2. The van der Waals surface area contributed by atoms with E-state index in [1.54, 1.807) is 11.3 Å². The van der Waals surface area contributed by atoms with E-state index < -0.39 is 18.2 Å². The van der Waals surface area contributed by atoms with Crippen molar-refractivity contribution in [3.8, 4) is 10.6 Å². The summed E-state index contributed by atoms with van der Waals surface area (Å²) in [7, 11) is 0. The summed E-state index contributed by atoms with van der Waals surface area (Å²) in [6, 6.07) is 1.58. The molecule has 0 amide bonds. The standard InChI is InChI=1S/C29H38N6O3S/c1-15-21(27-33-23-20(39-27)9-12-30-22(23)16-7-8-16)26(32-19-13-17(14-36)24(37)25(19)38)34-28(31-15)35-29(10-11-29)18-5-3-2-4-6-18/h9,12,16-19,24-25,36-38H,2-8,10-11,13-14H2,1H3,(H2,31,32,34,35)/t17-,19-,24-,25+/m1/s1. The molecule has 4 aliphatic carbocycles. The number of fused-ring (bicyclic) bond motifs is 1. The molecule has 0 radical (unpaired) electrons. The number of nitrogens with zero attached hydrogens (tertiary/aromatic N) is 4. The van der Waals surface area contributed by atoms with E-state index in [2.05, 4.69) is 15.6 Å². The van der Waals surface area contributed by atoms with Crippen LogP contribution in [0.5, 0.6) is 0 Å². The quantitative estimate of drug-likeness (QED) is 0.277. The Balaban J connectivity index is 1.27. The summed E-state index contributed by atoms with van der Waals surface area (Å²) >= 11 is 1.61. The molecule has 3 aromatic heterocycles. The fourth-order valence-electron chi connectivity index (χ4n) is 6.90. The highest BCUT2D eigenvalue weighted by Gasteiger charge is 2.50. The summed E-state index contributed by atoms with van der Waals surface area (Å²) in [4.78, 5) is 19.7. The maximum Gasteiger partial charge on any atom is 0.225 e. The van der Waals surface area contributed by atoms with Crippen LogP contribution in [0.4, 0.5) is 11.8 Å². The van der Waals surface area contributed by atoms with Gasteiger partial charge in [0.15, 0.2) is 0 Å². The molecule has 0 saturated heterocycles. The van der Waals surface area contributed by atoms with Gasteiger partial charge in [0.25, 0.3) is 0 Å². The van der Waals surface area contributed by atoms with Crippen LogP contribution in [0, 0.1) is 18.8 Å². The Morgan fingerprint density at radius 3 is 2.51 bits per heavy atom. The summed E-state index contributed by atoms with van der Waals surface area (Å²) in [6.07, 6.45) is 11.4. The smallest absolute Gasteiger partial charge is 0.225 e. The van der Waals surface area contributed by atoms with Crippen LogP contribution < -0.4 is 10.6 Å². The molecular weight excluding hydrogens is 512 g/mol. The molecule has 0 aromatic carbocycles. The first kappa shape index (κ1) is 25.6. The van der Waals surface area contributed by atoms with E-state index in [1.165, 1.54) is 32.1 Å². The third-order valence-electron chi connectivity index (χ3n) is 9.50. The van der Waals surface area contributed by atoms with E-state index in [0.29, 0.717) is 30.0 Å². The largest absolute Gasteiger partial charge is 0.396 e. The average Bonchev–Trinajstić information content (AvgIpc) is 3.87. The second kappa shape index (κ2) is 9.90. The molecule has 3 heterocycles. The van der Waals surface area contributed by atoms with Crippen LogP contribution in [0.25, 0.3) is 20.8 Å². The van der Waals surface area contributed by atoms with Crippen LogP contribution >= 0.6 is 11.3 Å². The first-order valence-electron chi connectivity index (χ1n) is 14.6. The molecule has 0 unspecified atom stereocenters. The molecule has 7 rings (SSSR count). The van der Waals surface area contributed by atoms with Crippen molar-refractivity contribution in [2.24, 2.45) is 11.8 Å². The van der Waals surface area contributed by atoms with E-state index in [-0.39, 0.29) is 18.1 Å². The highest BCUT2D eigenvalue weighted by molar-refractivity contribution is 7.21. The van der Waals surface area contributed by atoms with Crippen LogP contribution in [0.15, 0.2) is 12.3 Å².